The van der Waals surface area contributed by atoms with Crippen LogP contribution in [0.3, 0.4) is 0 Å². The average molecular weight is 229 g/mol. The summed E-state index contributed by atoms with van der Waals surface area (Å²) in [5, 5.41) is 0. The van der Waals surface area contributed by atoms with Crippen LogP contribution in [0.5, 0.6) is 0 Å². The SMILES string of the molecule is CC.CCN(CC)CC.O=P(O)(O)O. The zero-order valence-electron chi connectivity index (χ0n) is 9.77. The van der Waals surface area contributed by atoms with Gasteiger partial charge >= 0.3 is 7.82 Å². The van der Waals surface area contributed by atoms with Crippen LogP contribution in [0, 0.1) is 0 Å². The van der Waals surface area contributed by atoms with Crippen LogP contribution in [0.4, 0.5) is 0 Å². The first-order valence-electron chi connectivity index (χ1n) is 4.85. The van der Waals surface area contributed by atoms with Crippen molar-refractivity contribution in [3.05, 3.63) is 0 Å². The molecule has 0 aliphatic heterocycles. The second-order valence-electron chi connectivity index (χ2n) is 2.13. The summed E-state index contributed by atoms with van der Waals surface area (Å²) in [6.45, 7) is 14.1. The van der Waals surface area contributed by atoms with Gasteiger partial charge in [0.2, 0.25) is 0 Å². The summed E-state index contributed by atoms with van der Waals surface area (Å²) in [6.07, 6.45) is 0. The fraction of sp³-hybridized carbons (Fsp3) is 1.00. The first-order chi connectivity index (χ1) is 6.35. The Balaban J connectivity index is -0.000000152. The van der Waals surface area contributed by atoms with Crippen molar-refractivity contribution in [3.63, 3.8) is 0 Å². The molecule has 0 aromatic carbocycles. The van der Waals surface area contributed by atoms with Crippen LogP contribution in [0.25, 0.3) is 0 Å². The van der Waals surface area contributed by atoms with Gasteiger partial charge in [0.1, 0.15) is 0 Å². The van der Waals surface area contributed by atoms with Crippen LogP contribution >= 0.6 is 7.82 Å². The van der Waals surface area contributed by atoms with Crippen LogP contribution in [0.15, 0.2) is 0 Å². The predicted octanol–water partition coefficient (Wildman–Crippen LogP) is 1.45. The maximum Gasteiger partial charge on any atom is 0.466 e. The summed E-state index contributed by atoms with van der Waals surface area (Å²) in [7, 11) is -4.64. The number of hydrogen-bond donors (Lipinski definition) is 3. The van der Waals surface area contributed by atoms with Gasteiger partial charge in [0.05, 0.1) is 0 Å². The van der Waals surface area contributed by atoms with Gasteiger partial charge in [0.25, 0.3) is 0 Å². The normalized spacial score (nSPS) is 9.79. The van der Waals surface area contributed by atoms with Crippen LogP contribution in [0.2, 0.25) is 0 Å². The molecule has 0 radical (unpaired) electrons. The summed E-state index contributed by atoms with van der Waals surface area (Å²) < 4.78 is 8.88. The first-order valence-corrected chi connectivity index (χ1v) is 6.42. The maximum absolute atomic E-state index is 8.88. The monoisotopic (exact) mass is 229 g/mol. The van der Waals surface area contributed by atoms with Crippen molar-refractivity contribution in [1.82, 2.24) is 4.90 Å². The zero-order valence-corrected chi connectivity index (χ0v) is 10.7. The lowest BCUT2D eigenvalue weighted by Crippen LogP contribution is -2.21. The van der Waals surface area contributed by atoms with Gasteiger partial charge < -0.3 is 19.6 Å². The zero-order chi connectivity index (χ0) is 12.2. The third kappa shape index (κ3) is 40.1. The van der Waals surface area contributed by atoms with Crippen molar-refractivity contribution in [2.75, 3.05) is 19.6 Å². The molecule has 3 N–H and O–H groups in total. The fourth-order valence-corrected chi connectivity index (χ4v) is 0.671. The van der Waals surface area contributed by atoms with E-state index in [1.54, 1.807) is 0 Å². The molecule has 0 unspecified atom stereocenters. The highest BCUT2D eigenvalue weighted by Crippen LogP contribution is 2.25. The fourth-order valence-electron chi connectivity index (χ4n) is 0.671. The van der Waals surface area contributed by atoms with Crippen LogP contribution in [0.1, 0.15) is 34.6 Å². The Labute approximate surface area is 87.0 Å². The van der Waals surface area contributed by atoms with Gasteiger partial charge in [-0.05, 0) is 19.6 Å². The Morgan fingerprint density at radius 3 is 1.07 bits per heavy atom. The molecule has 0 aromatic rings. The summed E-state index contributed by atoms with van der Waals surface area (Å²) in [6, 6.07) is 0. The van der Waals surface area contributed by atoms with E-state index in [1.807, 2.05) is 13.8 Å². The van der Waals surface area contributed by atoms with Crippen molar-refractivity contribution < 1.29 is 19.2 Å². The molecule has 90 valence electrons. The van der Waals surface area contributed by atoms with Crippen LogP contribution in [-0.2, 0) is 4.57 Å². The summed E-state index contributed by atoms with van der Waals surface area (Å²) in [5.74, 6) is 0. The molecule has 0 saturated carbocycles. The van der Waals surface area contributed by atoms with Gasteiger partial charge in [-0.15, -0.1) is 0 Å². The molecule has 14 heavy (non-hydrogen) atoms. The van der Waals surface area contributed by atoms with E-state index in [4.69, 9.17) is 19.2 Å². The van der Waals surface area contributed by atoms with Gasteiger partial charge in [-0.25, -0.2) is 4.57 Å². The molecule has 0 aliphatic rings. The minimum Gasteiger partial charge on any atom is -0.304 e. The van der Waals surface area contributed by atoms with Gasteiger partial charge in [-0.3, -0.25) is 0 Å². The number of phosphoric acid groups is 1. The number of hydrogen-bond acceptors (Lipinski definition) is 2. The van der Waals surface area contributed by atoms with Gasteiger partial charge in [-0.1, -0.05) is 34.6 Å². The number of nitrogens with zero attached hydrogens (tertiary/aromatic N) is 1. The van der Waals surface area contributed by atoms with Gasteiger partial charge in [-0.2, -0.15) is 0 Å². The quantitative estimate of drug-likeness (QED) is 0.638. The molecule has 0 rings (SSSR count). The van der Waals surface area contributed by atoms with Crippen molar-refractivity contribution in [1.29, 1.82) is 0 Å². The molecular formula is C8H24NO4P. The van der Waals surface area contributed by atoms with E-state index in [2.05, 4.69) is 25.7 Å². The molecular weight excluding hydrogens is 205 g/mol. The van der Waals surface area contributed by atoms with E-state index in [9.17, 15) is 0 Å². The van der Waals surface area contributed by atoms with E-state index in [0.717, 1.165) is 0 Å². The lowest BCUT2D eigenvalue weighted by Gasteiger charge is -2.13. The Bertz CT molecular complexity index is 120. The highest BCUT2D eigenvalue weighted by atomic mass is 31.2. The Kier molecular flexibility index (Phi) is 18.3. The Morgan fingerprint density at radius 2 is 1.07 bits per heavy atom. The smallest absolute Gasteiger partial charge is 0.304 e. The Hall–Kier alpha value is 0.0700. The van der Waals surface area contributed by atoms with Crippen molar-refractivity contribution in [3.8, 4) is 0 Å². The molecule has 5 nitrogen and oxygen atoms in total. The molecule has 0 heterocycles. The summed E-state index contributed by atoms with van der Waals surface area (Å²) in [5.41, 5.74) is 0. The maximum atomic E-state index is 8.88. The van der Waals surface area contributed by atoms with Gasteiger partial charge in [0, 0.05) is 0 Å². The summed E-state index contributed by atoms with van der Waals surface area (Å²) >= 11 is 0. The minimum absolute atomic E-state index is 1.19. The largest absolute Gasteiger partial charge is 0.466 e. The lowest BCUT2D eigenvalue weighted by atomic mass is 10.5. The molecule has 6 heteroatoms. The van der Waals surface area contributed by atoms with E-state index >= 15 is 0 Å². The molecule has 0 bridgehead atoms. The minimum atomic E-state index is -4.64. The molecule has 0 saturated heterocycles. The van der Waals surface area contributed by atoms with E-state index in [1.165, 1.54) is 19.6 Å². The molecule has 0 aromatic heterocycles. The topological polar surface area (TPSA) is 81.0 Å². The third-order valence-corrected chi connectivity index (χ3v) is 1.34. The molecule has 0 atom stereocenters. The Morgan fingerprint density at radius 1 is 0.929 bits per heavy atom. The van der Waals surface area contributed by atoms with Crippen LogP contribution in [-0.4, -0.2) is 39.2 Å². The van der Waals surface area contributed by atoms with E-state index in [-0.39, 0.29) is 0 Å². The van der Waals surface area contributed by atoms with Crippen LogP contribution < -0.4 is 0 Å². The highest BCUT2D eigenvalue weighted by Gasteiger charge is 2.00. The third-order valence-electron chi connectivity index (χ3n) is 1.34. The summed E-state index contributed by atoms with van der Waals surface area (Å²) in [4.78, 5) is 23.9. The van der Waals surface area contributed by atoms with Gasteiger partial charge in [0.15, 0.2) is 0 Å². The van der Waals surface area contributed by atoms with Crippen molar-refractivity contribution >= 4 is 7.82 Å². The standard InChI is InChI=1S/C6H15N.C2H6.H3O4P/c1-4-7(5-2)6-3;1-2;1-5(2,3)4/h4-6H2,1-3H3;1-2H3;(H3,1,2,3,4). The van der Waals surface area contributed by atoms with E-state index in [0.29, 0.717) is 0 Å². The second-order valence-corrected chi connectivity index (χ2v) is 3.16. The second kappa shape index (κ2) is 13.1. The highest BCUT2D eigenvalue weighted by molar-refractivity contribution is 7.45. The average Bonchev–Trinajstić information content (AvgIpc) is 2.08. The van der Waals surface area contributed by atoms with Crippen molar-refractivity contribution in [2.24, 2.45) is 0 Å². The molecule has 0 fully saturated rings. The lowest BCUT2D eigenvalue weighted by molar-refractivity contribution is 0.275. The first kappa shape index (κ1) is 19.6. The molecule has 0 aliphatic carbocycles. The molecule has 0 amide bonds. The van der Waals surface area contributed by atoms with Crippen molar-refractivity contribution in [2.45, 2.75) is 34.6 Å². The molecule has 0 spiro atoms. The predicted molar refractivity (Wildman–Crippen MR) is 59.1 cm³/mol. The number of rotatable bonds is 3. The van der Waals surface area contributed by atoms with E-state index < -0.39 is 7.82 Å².